The van der Waals surface area contributed by atoms with Gasteiger partial charge in [-0.3, -0.25) is 9.48 Å². The van der Waals surface area contributed by atoms with E-state index in [0.717, 1.165) is 19.4 Å². The summed E-state index contributed by atoms with van der Waals surface area (Å²) in [7, 11) is 0. The largest absolute Gasteiger partial charge is 0.336 e. The number of rotatable bonds is 5. The van der Waals surface area contributed by atoms with Crippen molar-refractivity contribution in [1.29, 1.82) is 0 Å². The molecule has 2 heterocycles. The van der Waals surface area contributed by atoms with Crippen molar-refractivity contribution in [1.82, 2.24) is 19.7 Å². The monoisotopic (exact) mass is 324 g/mol. The molecule has 1 amide bonds. The van der Waals surface area contributed by atoms with E-state index < -0.39 is 0 Å². The predicted octanol–water partition coefficient (Wildman–Crippen LogP) is 3.15. The first kappa shape index (κ1) is 16.4. The number of hydrogen-bond donors (Lipinski definition) is 0. The van der Waals surface area contributed by atoms with Crippen molar-refractivity contribution in [3.05, 3.63) is 54.6 Å². The molecule has 0 radical (unpaired) electrons. The highest BCUT2D eigenvalue weighted by molar-refractivity contribution is 5.77. The Bertz CT molecular complexity index is 651. The fraction of sp³-hybridized carbons (Fsp3) is 0.421. The lowest BCUT2D eigenvalue weighted by Gasteiger charge is -2.28. The van der Waals surface area contributed by atoms with Crippen LogP contribution in [0.1, 0.15) is 37.7 Å². The molecule has 1 aliphatic heterocycles. The first-order valence-electron chi connectivity index (χ1n) is 8.68. The number of hydrogen-bond acceptors (Lipinski definition) is 3. The number of benzene rings is 1. The number of carbonyl (C=O) groups excluding carboxylic acids is 1. The molecule has 1 aromatic heterocycles. The minimum Gasteiger partial charge on any atom is -0.336 e. The summed E-state index contributed by atoms with van der Waals surface area (Å²) in [6.07, 6.45) is 12.5. The zero-order valence-corrected chi connectivity index (χ0v) is 13.9. The van der Waals surface area contributed by atoms with Crippen molar-refractivity contribution in [3.8, 4) is 0 Å². The van der Waals surface area contributed by atoms with Crippen LogP contribution >= 0.6 is 0 Å². The first-order valence-corrected chi connectivity index (χ1v) is 8.68. The zero-order valence-electron chi connectivity index (χ0n) is 13.9. The summed E-state index contributed by atoms with van der Waals surface area (Å²) in [5.41, 5.74) is 1.18. The van der Waals surface area contributed by atoms with Gasteiger partial charge in [-0.1, -0.05) is 55.3 Å². The Morgan fingerprint density at radius 2 is 2.08 bits per heavy atom. The molecule has 0 N–H and O–H groups in total. The molecule has 5 nitrogen and oxygen atoms in total. The lowest BCUT2D eigenvalue weighted by Crippen LogP contribution is -2.39. The van der Waals surface area contributed by atoms with Gasteiger partial charge in [0.05, 0.1) is 12.6 Å². The van der Waals surface area contributed by atoms with Gasteiger partial charge in [0.1, 0.15) is 12.7 Å². The van der Waals surface area contributed by atoms with Crippen LogP contribution in [0.3, 0.4) is 0 Å². The van der Waals surface area contributed by atoms with Crippen molar-refractivity contribution in [2.24, 2.45) is 0 Å². The summed E-state index contributed by atoms with van der Waals surface area (Å²) in [6, 6.07) is 10.5. The normalized spacial score (nSPS) is 18.7. The third-order valence-electron chi connectivity index (χ3n) is 4.45. The van der Waals surface area contributed by atoms with E-state index in [1.807, 2.05) is 23.1 Å². The van der Waals surface area contributed by atoms with Crippen LogP contribution in [-0.4, -0.2) is 38.2 Å². The molecule has 1 aromatic carbocycles. The number of carbonyl (C=O) groups is 1. The minimum atomic E-state index is 0.191. The van der Waals surface area contributed by atoms with Crippen LogP contribution in [-0.2, 0) is 11.3 Å². The summed E-state index contributed by atoms with van der Waals surface area (Å²) >= 11 is 0. The quantitative estimate of drug-likeness (QED) is 0.849. The van der Waals surface area contributed by atoms with Gasteiger partial charge in [0.15, 0.2) is 0 Å². The average Bonchev–Trinajstić information content (AvgIpc) is 3.03. The van der Waals surface area contributed by atoms with Gasteiger partial charge in [0.2, 0.25) is 5.91 Å². The third kappa shape index (κ3) is 4.54. The van der Waals surface area contributed by atoms with Crippen LogP contribution in [0, 0.1) is 0 Å². The molecule has 0 saturated carbocycles. The molecule has 1 fully saturated rings. The van der Waals surface area contributed by atoms with Gasteiger partial charge in [-0.25, -0.2) is 4.98 Å². The fourth-order valence-electron chi connectivity index (χ4n) is 3.13. The second kappa shape index (κ2) is 8.43. The summed E-state index contributed by atoms with van der Waals surface area (Å²) in [6.45, 7) is 1.43. The average molecular weight is 324 g/mol. The molecule has 1 atom stereocenters. The topological polar surface area (TPSA) is 51.0 Å². The van der Waals surface area contributed by atoms with E-state index >= 15 is 0 Å². The second-order valence-electron chi connectivity index (χ2n) is 6.18. The highest BCUT2D eigenvalue weighted by atomic mass is 16.2. The molecule has 1 saturated heterocycles. The van der Waals surface area contributed by atoms with E-state index in [4.69, 9.17) is 0 Å². The predicted molar refractivity (Wildman–Crippen MR) is 94.1 cm³/mol. The van der Waals surface area contributed by atoms with E-state index in [2.05, 4.69) is 34.4 Å². The Morgan fingerprint density at radius 3 is 2.88 bits per heavy atom. The van der Waals surface area contributed by atoms with Crippen molar-refractivity contribution in [3.63, 3.8) is 0 Å². The van der Waals surface area contributed by atoms with Crippen LogP contribution in [0.25, 0.3) is 6.08 Å². The molecule has 126 valence electrons. The first-order chi connectivity index (χ1) is 11.8. The number of amides is 1. The Balaban J connectivity index is 1.65. The highest BCUT2D eigenvalue weighted by Gasteiger charge is 2.23. The van der Waals surface area contributed by atoms with Gasteiger partial charge in [0, 0.05) is 13.0 Å². The lowest BCUT2D eigenvalue weighted by molar-refractivity contribution is -0.132. The molecular formula is C19H24N4O. The number of nitrogens with zero attached hydrogens (tertiary/aromatic N) is 4. The standard InChI is InChI=1S/C19H24N4O/c24-19(12-14-22-16-20-15-21-22)23-13-6-2-5-9-18(23)11-10-17-7-3-1-4-8-17/h1,3-4,7-8,10-11,15-16,18H,2,5-6,9,12-14H2/b11-10+. The Labute approximate surface area is 143 Å². The van der Waals surface area contributed by atoms with Gasteiger partial charge in [0.25, 0.3) is 0 Å². The zero-order chi connectivity index (χ0) is 16.6. The second-order valence-corrected chi connectivity index (χ2v) is 6.18. The molecule has 0 spiro atoms. The molecule has 0 aliphatic carbocycles. The van der Waals surface area contributed by atoms with Crippen molar-refractivity contribution >= 4 is 12.0 Å². The van der Waals surface area contributed by atoms with Gasteiger partial charge >= 0.3 is 0 Å². The molecule has 1 unspecified atom stereocenters. The highest BCUT2D eigenvalue weighted by Crippen LogP contribution is 2.20. The van der Waals surface area contributed by atoms with Crippen LogP contribution in [0.4, 0.5) is 0 Å². The third-order valence-corrected chi connectivity index (χ3v) is 4.45. The summed E-state index contributed by atoms with van der Waals surface area (Å²) < 4.78 is 1.71. The lowest BCUT2D eigenvalue weighted by atomic mass is 10.1. The smallest absolute Gasteiger partial charge is 0.224 e. The van der Waals surface area contributed by atoms with Gasteiger partial charge < -0.3 is 4.90 Å². The molecular weight excluding hydrogens is 300 g/mol. The summed E-state index contributed by atoms with van der Waals surface area (Å²) in [5, 5.41) is 4.07. The maximum absolute atomic E-state index is 12.7. The number of likely N-dealkylation sites (tertiary alicyclic amines) is 1. The number of aryl methyl sites for hydroxylation is 1. The van der Waals surface area contributed by atoms with Gasteiger partial charge in [-0.05, 0) is 18.4 Å². The molecule has 0 bridgehead atoms. The Kier molecular flexibility index (Phi) is 5.77. The Morgan fingerprint density at radius 1 is 1.21 bits per heavy atom. The van der Waals surface area contributed by atoms with Crippen LogP contribution in [0.15, 0.2) is 49.1 Å². The van der Waals surface area contributed by atoms with Crippen molar-refractivity contribution in [2.45, 2.75) is 44.7 Å². The SMILES string of the molecule is O=C(CCn1cncn1)N1CCCCCC1/C=C/c1ccccc1. The Hall–Kier alpha value is -2.43. The van der Waals surface area contributed by atoms with E-state index in [-0.39, 0.29) is 11.9 Å². The summed E-state index contributed by atoms with van der Waals surface area (Å²) in [5.74, 6) is 0.204. The molecule has 3 rings (SSSR count). The summed E-state index contributed by atoms with van der Waals surface area (Å²) in [4.78, 5) is 18.7. The maximum Gasteiger partial charge on any atom is 0.224 e. The van der Waals surface area contributed by atoms with E-state index in [9.17, 15) is 4.79 Å². The van der Waals surface area contributed by atoms with Crippen LogP contribution in [0.5, 0.6) is 0 Å². The molecule has 1 aliphatic rings. The fourth-order valence-corrected chi connectivity index (χ4v) is 3.13. The van der Waals surface area contributed by atoms with E-state index in [1.54, 1.807) is 11.0 Å². The molecule has 5 heteroatoms. The van der Waals surface area contributed by atoms with Crippen molar-refractivity contribution < 1.29 is 4.79 Å². The van der Waals surface area contributed by atoms with Crippen LogP contribution < -0.4 is 0 Å². The number of aromatic nitrogens is 3. The molecule has 24 heavy (non-hydrogen) atoms. The van der Waals surface area contributed by atoms with E-state index in [0.29, 0.717) is 13.0 Å². The molecule has 2 aromatic rings. The van der Waals surface area contributed by atoms with Gasteiger partial charge in [-0.2, -0.15) is 5.10 Å². The van der Waals surface area contributed by atoms with Gasteiger partial charge in [-0.15, -0.1) is 0 Å². The van der Waals surface area contributed by atoms with E-state index in [1.165, 1.54) is 24.7 Å². The van der Waals surface area contributed by atoms with Crippen LogP contribution in [0.2, 0.25) is 0 Å². The van der Waals surface area contributed by atoms with Crippen molar-refractivity contribution in [2.75, 3.05) is 6.54 Å². The minimum absolute atomic E-state index is 0.191. The maximum atomic E-state index is 12.7.